The SMILES string of the molecule is C[C@@H]1CCCC[C@@H]1NC(=O)CN1C(=O)/C(=C/c2ccccc2)Oc2ccc(C(C)(C)C)cc21. The fourth-order valence-electron chi connectivity index (χ4n) is 4.56. The van der Waals surface area contributed by atoms with E-state index in [9.17, 15) is 9.59 Å². The van der Waals surface area contributed by atoms with Crippen LogP contribution in [0.2, 0.25) is 0 Å². The van der Waals surface area contributed by atoms with Gasteiger partial charge in [-0.2, -0.15) is 0 Å². The van der Waals surface area contributed by atoms with Crippen LogP contribution in [0.15, 0.2) is 54.3 Å². The molecule has 174 valence electrons. The Morgan fingerprint density at radius 1 is 1.12 bits per heavy atom. The van der Waals surface area contributed by atoms with Gasteiger partial charge in [0.25, 0.3) is 5.91 Å². The Hall–Kier alpha value is -3.08. The summed E-state index contributed by atoms with van der Waals surface area (Å²) in [5.41, 5.74) is 2.50. The van der Waals surface area contributed by atoms with E-state index in [1.54, 1.807) is 11.0 Å². The zero-order valence-corrected chi connectivity index (χ0v) is 20.1. The molecule has 1 heterocycles. The van der Waals surface area contributed by atoms with Gasteiger partial charge in [0.05, 0.1) is 5.69 Å². The van der Waals surface area contributed by atoms with Crippen LogP contribution in [0, 0.1) is 5.92 Å². The highest BCUT2D eigenvalue weighted by Crippen LogP contribution is 2.39. The maximum absolute atomic E-state index is 13.5. The Bertz CT molecular complexity index is 1050. The van der Waals surface area contributed by atoms with Crippen molar-refractivity contribution in [2.45, 2.75) is 64.8 Å². The number of ether oxygens (including phenoxy) is 1. The van der Waals surface area contributed by atoms with Gasteiger partial charge in [0.1, 0.15) is 6.54 Å². The molecule has 5 heteroatoms. The minimum Gasteiger partial charge on any atom is -0.449 e. The fraction of sp³-hybridized carbons (Fsp3) is 0.429. The van der Waals surface area contributed by atoms with Gasteiger partial charge in [-0.3, -0.25) is 14.5 Å². The summed E-state index contributed by atoms with van der Waals surface area (Å²) in [5, 5.41) is 3.18. The maximum Gasteiger partial charge on any atom is 0.294 e. The number of benzene rings is 2. The lowest BCUT2D eigenvalue weighted by Gasteiger charge is -2.33. The molecule has 0 radical (unpaired) electrons. The summed E-state index contributed by atoms with van der Waals surface area (Å²) in [7, 11) is 0. The summed E-state index contributed by atoms with van der Waals surface area (Å²) in [6, 6.07) is 15.7. The van der Waals surface area contributed by atoms with Crippen molar-refractivity contribution in [3.8, 4) is 5.75 Å². The monoisotopic (exact) mass is 446 g/mol. The largest absolute Gasteiger partial charge is 0.449 e. The molecule has 2 amide bonds. The summed E-state index contributed by atoms with van der Waals surface area (Å²) in [6.07, 6.45) is 6.20. The summed E-state index contributed by atoms with van der Waals surface area (Å²) in [5.74, 6) is 0.829. The predicted molar refractivity (Wildman–Crippen MR) is 132 cm³/mol. The van der Waals surface area contributed by atoms with Gasteiger partial charge in [0.15, 0.2) is 11.5 Å². The number of rotatable bonds is 4. The Morgan fingerprint density at radius 2 is 1.85 bits per heavy atom. The van der Waals surface area contributed by atoms with E-state index in [-0.39, 0.29) is 35.6 Å². The van der Waals surface area contributed by atoms with Crippen molar-refractivity contribution in [3.63, 3.8) is 0 Å². The number of anilines is 1. The van der Waals surface area contributed by atoms with Crippen molar-refractivity contribution < 1.29 is 14.3 Å². The molecule has 2 aromatic rings. The van der Waals surface area contributed by atoms with Gasteiger partial charge in [0, 0.05) is 6.04 Å². The van der Waals surface area contributed by atoms with Crippen LogP contribution in [-0.4, -0.2) is 24.4 Å². The fourth-order valence-corrected chi connectivity index (χ4v) is 4.56. The predicted octanol–water partition coefficient (Wildman–Crippen LogP) is 5.45. The Labute approximate surface area is 196 Å². The third-order valence-corrected chi connectivity index (χ3v) is 6.65. The van der Waals surface area contributed by atoms with Crippen LogP contribution in [-0.2, 0) is 15.0 Å². The van der Waals surface area contributed by atoms with E-state index in [1.165, 1.54) is 6.42 Å². The van der Waals surface area contributed by atoms with E-state index >= 15 is 0 Å². The average Bonchev–Trinajstić information content (AvgIpc) is 2.78. The minimum atomic E-state index is -0.302. The second-order valence-electron chi connectivity index (χ2n) is 10.3. The highest BCUT2D eigenvalue weighted by Gasteiger charge is 2.34. The van der Waals surface area contributed by atoms with Gasteiger partial charge < -0.3 is 10.1 Å². The zero-order valence-electron chi connectivity index (χ0n) is 20.1. The van der Waals surface area contributed by atoms with Crippen LogP contribution in [0.5, 0.6) is 5.75 Å². The van der Waals surface area contributed by atoms with Gasteiger partial charge >= 0.3 is 0 Å². The van der Waals surface area contributed by atoms with Crippen LogP contribution in [0.25, 0.3) is 6.08 Å². The van der Waals surface area contributed by atoms with Crippen LogP contribution < -0.4 is 15.0 Å². The molecule has 0 aromatic heterocycles. The van der Waals surface area contributed by atoms with E-state index in [1.807, 2.05) is 48.5 Å². The first kappa shape index (κ1) is 23.1. The lowest BCUT2D eigenvalue weighted by Crippen LogP contribution is -2.48. The smallest absolute Gasteiger partial charge is 0.294 e. The molecule has 1 N–H and O–H groups in total. The van der Waals surface area contributed by atoms with Crippen molar-refractivity contribution in [1.82, 2.24) is 5.32 Å². The van der Waals surface area contributed by atoms with Gasteiger partial charge in [-0.25, -0.2) is 0 Å². The zero-order chi connectivity index (χ0) is 23.6. The van der Waals surface area contributed by atoms with Crippen molar-refractivity contribution in [2.75, 3.05) is 11.4 Å². The molecule has 1 fully saturated rings. The van der Waals surface area contributed by atoms with Crippen molar-refractivity contribution >= 4 is 23.6 Å². The molecule has 0 spiro atoms. The normalized spacial score (nSPS) is 22.0. The molecule has 2 aliphatic rings. The summed E-state index contributed by atoms with van der Waals surface area (Å²) in [6.45, 7) is 8.54. The highest BCUT2D eigenvalue weighted by atomic mass is 16.5. The molecule has 0 bridgehead atoms. The number of fused-ring (bicyclic) bond motifs is 1. The first-order valence-corrected chi connectivity index (χ1v) is 11.9. The molecule has 0 saturated heterocycles. The molecule has 1 aliphatic heterocycles. The molecule has 2 aromatic carbocycles. The molecule has 2 atom stereocenters. The second kappa shape index (κ2) is 9.42. The molecule has 5 nitrogen and oxygen atoms in total. The van der Waals surface area contributed by atoms with Gasteiger partial charge in [0.2, 0.25) is 5.91 Å². The number of carbonyl (C=O) groups is 2. The molecule has 0 unspecified atom stereocenters. The number of carbonyl (C=O) groups excluding carboxylic acids is 2. The lowest BCUT2D eigenvalue weighted by molar-refractivity contribution is -0.124. The van der Waals surface area contributed by atoms with E-state index in [4.69, 9.17) is 4.74 Å². The number of nitrogens with one attached hydrogen (secondary N) is 1. The number of hydrogen-bond donors (Lipinski definition) is 1. The number of hydrogen-bond acceptors (Lipinski definition) is 3. The van der Waals surface area contributed by atoms with Crippen LogP contribution in [0.1, 0.15) is 64.5 Å². The van der Waals surface area contributed by atoms with Gasteiger partial charge in [-0.15, -0.1) is 0 Å². The highest BCUT2D eigenvalue weighted by molar-refractivity contribution is 6.12. The van der Waals surface area contributed by atoms with Crippen molar-refractivity contribution in [1.29, 1.82) is 0 Å². The molecule has 1 aliphatic carbocycles. The van der Waals surface area contributed by atoms with E-state index in [0.29, 0.717) is 17.4 Å². The Morgan fingerprint density at radius 3 is 2.55 bits per heavy atom. The average molecular weight is 447 g/mol. The number of amides is 2. The standard InChI is InChI=1S/C28H34N2O3/c1-19-10-8-9-13-22(19)29-26(31)18-30-23-17-21(28(2,3)4)14-15-24(23)33-25(27(30)32)16-20-11-6-5-7-12-20/h5-7,11-12,14-17,19,22H,8-10,13,18H2,1-4H3,(H,29,31)/b25-16-/t19-,22+/m1/s1. The third kappa shape index (κ3) is 5.29. The molecule has 33 heavy (non-hydrogen) atoms. The van der Waals surface area contributed by atoms with Crippen molar-refractivity contribution in [2.24, 2.45) is 5.92 Å². The van der Waals surface area contributed by atoms with E-state index in [0.717, 1.165) is 30.4 Å². The maximum atomic E-state index is 13.5. The quantitative estimate of drug-likeness (QED) is 0.636. The van der Waals surface area contributed by atoms with E-state index < -0.39 is 0 Å². The summed E-state index contributed by atoms with van der Waals surface area (Å²) < 4.78 is 6.03. The van der Waals surface area contributed by atoms with Gasteiger partial charge in [-0.1, -0.05) is 76.9 Å². The lowest BCUT2D eigenvalue weighted by atomic mass is 9.86. The Kier molecular flexibility index (Phi) is 6.59. The van der Waals surface area contributed by atoms with Crippen LogP contribution in [0.4, 0.5) is 5.69 Å². The van der Waals surface area contributed by atoms with Gasteiger partial charge in [-0.05, 0) is 53.5 Å². The second-order valence-corrected chi connectivity index (χ2v) is 10.3. The Balaban J connectivity index is 1.65. The van der Waals surface area contributed by atoms with Crippen molar-refractivity contribution in [3.05, 3.63) is 65.4 Å². The third-order valence-electron chi connectivity index (χ3n) is 6.65. The molecular formula is C28H34N2O3. The van der Waals surface area contributed by atoms with E-state index in [2.05, 4.69) is 33.0 Å². The molecule has 4 rings (SSSR count). The minimum absolute atomic E-state index is 0.0296. The van der Waals surface area contributed by atoms with Crippen LogP contribution in [0.3, 0.4) is 0 Å². The first-order valence-electron chi connectivity index (χ1n) is 11.9. The first-order chi connectivity index (χ1) is 15.7. The summed E-state index contributed by atoms with van der Waals surface area (Å²) in [4.78, 5) is 28.1. The topological polar surface area (TPSA) is 58.6 Å². The molecule has 1 saturated carbocycles. The summed E-state index contributed by atoms with van der Waals surface area (Å²) >= 11 is 0. The van der Waals surface area contributed by atoms with Crippen LogP contribution >= 0.6 is 0 Å². The molecular weight excluding hydrogens is 412 g/mol. The number of nitrogens with zero attached hydrogens (tertiary/aromatic N) is 1.